The molecule has 3 rings (SSSR count). The lowest BCUT2D eigenvalue weighted by Crippen LogP contribution is -2.51. The van der Waals surface area contributed by atoms with Crippen molar-refractivity contribution in [3.63, 3.8) is 0 Å². The average molecular weight is 379 g/mol. The molecule has 6 nitrogen and oxygen atoms in total. The summed E-state index contributed by atoms with van der Waals surface area (Å²) in [5, 5.41) is 1.88. The fraction of sp³-hybridized carbons (Fsp3) is 0.529. The Morgan fingerprint density at radius 1 is 1.28 bits per heavy atom. The summed E-state index contributed by atoms with van der Waals surface area (Å²) >= 11 is 3.07. The van der Waals surface area contributed by atoms with E-state index in [0.29, 0.717) is 18.8 Å². The second-order valence-corrected chi connectivity index (χ2v) is 8.50. The van der Waals surface area contributed by atoms with Gasteiger partial charge < -0.3 is 10.6 Å². The van der Waals surface area contributed by atoms with E-state index in [1.54, 1.807) is 16.2 Å². The van der Waals surface area contributed by atoms with Crippen LogP contribution in [0.4, 0.5) is 0 Å². The van der Waals surface area contributed by atoms with Crippen molar-refractivity contribution in [2.75, 3.05) is 12.3 Å². The van der Waals surface area contributed by atoms with E-state index >= 15 is 0 Å². The highest BCUT2D eigenvalue weighted by Gasteiger charge is 2.30. The normalized spacial score (nSPS) is 17.9. The van der Waals surface area contributed by atoms with Crippen molar-refractivity contribution in [3.8, 4) is 0 Å². The van der Waals surface area contributed by atoms with Crippen molar-refractivity contribution in [1.29, 1.82) is 0 Å². The number of nitrogens with zero attached hydrogens (tertiary/aromatic N) is 3. The molecule has 1 unspecified atom stereocenters. The molecule has 0 radical (unpaired) electrons. The molecule has 0 bridgehead atoms. The fourth-order valence-electron chi connectivity index (χ4n) is 3.16. The number of amides is 2. The molecule has 2 N–H and O–H groups in total. The van der Waals surface area contributed by atoms with Crippen LogP contribution in [0.3, 0.4) is 0 Å². The van der Waals surface area contributed by atoms with Crippen LogP contribution in [0.1, 0.15) is 35.5 Å². The van der Waals surface area contributed by atoms with Gasteiger partial charge in [0, 0.05) is 16.8 Å². The standard InChI is InChI=1S/C17H22N4O2S2/c1-9-10(2)25-17-14(9)16(19-11(3)20-17)24-8-13(22)21-7-5-4-6-12(21)15(18)23/h12H,4-8H2,1-3H3,(H2,18,23). The van der Waals surface area contributed by atoms with Gasteiger partial charge in [0.1, 0.15) is 21.7 Å². The quantitative estimate of drug-likeness (QED) is 0.652. The number of nitrogens with two attached hydrogens (primary N) is 1. The zero-order valence-electron chi connectivity index (χ0n) is 14.7. The second kappa shape index (κ2) is 7.29. The highest BCUT2D eigenvalue weighted by molar-refractivity contribution is 8.00. The summed E-state index contributed by atoms with van der Waals surface area (Å²) in [5.74, 6) is 0.491. The largest absolute Gasteiger partial charge is 0.368 e. The van der Waals surface area contributed by atoms with Crippen molar-refractivity contribution in [2.24, 2.45) is 5.73 Å². The molecule has 3 heterocycles. The highest BCUT2D eigenvalue weighted by atomic mass is 32.2. The number of hydrogen-bond donors (Lipinski definition) is 1. The van der Waals surface area contributed by atoms with Gasteiger partial charge in [-0.3, -0.25) is 9.59 Å². The summed E-state index contributed by atoms with van der Waals surface area (Å²) < 4.78 is 0. The molecule has 1 fully saturated rings. The fourth-order valence-corrected chi connectivity index (χ4v) is 5.31. The third-order valence-electron chi connectivity index (χ3n) is 4.59. The molecule has 134 valence electrons. The lowest BCUT2D eigenvalue weighted by atomic mass is 10.0. The van der Waals surface area contributed by atoms with Gasteiger partial charge in [-0.2, -0.15) is 0 Å². The number of thioether (sulfide) groups is 1. The Balaban J connectivity index is 1.80. The van der Waals surface area contributed by atoms with Gasteiger partial charge in [0.25, 0.3) is 0 Å². The number of piperidine rings is 1. The van der Waals surface area contributed by atoms with E-state index in [1.165, 1.54) is 22.2 Å². The molecule has 0 aliphatic carbocycles. The zero-order chi connectivity index (χ0) is 18.1. The Hall–Kier alpha value is -1.67. The minimum atomic E-state index is -0.473. The minimum absolute atomic E-state index is 0.0532. The van der Waals surface area contributed by atoms with Gasteiger partial charge in [0.15, 0.2) is 0 Å². The van der Waals surface area contributed by atoms with Gasteiger partial charge in [0.2, 0.25) is 11.8 Å². The summed E-state index contributed by atoms with van der Waals surface area (Å²) in [6.45, 7) is 6.60. The van der Waals surface area contributed by atoms with E-state index < -0.39 is 11.9 Å². The molecule has 1 atom stereocenters. The Morgan fingerprint density at radius 3 is 2.76 bits per heavy atom. The maximum atomic E-state index is 12.7. The molecule has 1 saturated heterocycles. The summed E-state index contributed by atoms with van der Waals surface area (Å²) in [6.07, 6.45) is 2.51. The molecule has 2 amide bonds. The Kier molecular flexibility index (Phi) is 5.29. The molecule has 8 heteroatoms. The molecule has 1 aliphatic heterocycles. The number of likely N-dealkylation sites (tertiary alicyclic amines) is 1. The monoisotopic (exact) mass is 378 g/mol. The average Bonchev–Trinajstić information content (AvgIpc) is 2.86. The van der Waals surface area contributed by atoms with E-state index in [1.807, 2.05) is 6.92 Å². The number of rotatable bonds is 4. The van der Waals surface area contributed by atoms with Gasteiger partial charge in [-0.05, 0) is 45.6 Å². The van der Waals surface area contributed by atoms with E-state index in [4.69, 9.17) is 5.73 Å². The van der Waals surface area contributed by atoms with Crippen LogP contribution in [-0.4, -0.2) is 45.0 Å². The first-order valence-corrected chi connectivity index (χ1v) is 10.1. The molecule has 25 heavy (non-hydrogen) atoms. The first-order chi connectivity index (χ1) is 11.9. The van der Waals surface area contributed by atoms with E-state index in [2.05, 4.69) is 23.8 Å². The minimum Gasteiger partial charge on any atom is -0.368 e. The van der Waals surface area contributed by atoms with Crippen molar-refractivity contribution >= 4 is 45.1 Å². The van der Waals surface area contributed by atoms with Crippen molar-refractivity contribution in [1.82, 2.24) is 14.9 Å². The van der Waals surface area contributed by atoms with Crippen LogP contribution in [0.25, 0.3) is 10.2 Å². The van der Waals surface area contributed by atoms with Crippen LogP contribution < -0.4 is 5.73 Å². The van der Waals surface area contributed by atoms with Crippen LogP contribution in [0, 0.1) is 20.8 Å². The Morgan fingerprint density at radius 2 is 2.04 bits per heavy atom. The van der Waals surface area contributed by atoms with Gasteiger partial charge in [-0.25, -0.2) is 9.97 Å². The molecule has 0 aromatic carbocycles. The summed E-state index contributed by atoms with van der Waals surface area (Å²) in [7, 11) is 0. The van der Waals surface area contributed by atoms with Crippen LogP contribution in [-0.2, 0) is 9.59 Å². The predicted molar refractivity (Wildman–Crippen MR) is 101 cm³/mol. The number of carbonyl (C=O) groups excluding carboxylic acids is 2. The van der Waals surface area contributed by atoms with Crippen molar-refractivity contribution < 1.29 is 9.59 Å². The van der Waals surface area contributed by atoms with Gasteiger partial charge in [0.05, 0.1) is 5.75 Å². The maximum absolute atomic E-state index is 12.7. The molecular weight excluding hydrogens is 356 g/mol. The maximum Gasteiger partial charge on any atom is 0.240 e. The summed E-state index contributed by atoms with van der Waals surface area (Å²) in [5.41, 5.74) is 6.63. The highest BCUT2D eigenvalue weighted by Crippen LogP contribution is 2.35. The van der Waals surface area contributed by atoms with E-state index in [0.717, 1.165) is 28.1 Å². The molecule has 0 spiro atoms. The Bertz CT molecular complexity index is 834. The first kappa shape index (κ1) is 18.1. The smallest absolute Gasteiger partial charge is 0.240 e. The number of aromatic nitrogens is 2. The number of primary amides is 1. The summed E-state index contributed by atoms with van der Waals surface area (Å²) in [4.78, 5) is 37.1. The third-order valence-corrected chi connectivity index (χ3v) is 6.65. The van der Waals surface area contributed by atoms with Crippen LogP contribution >= 0.6 is 23.1 Å². The molecule has 2 aromatic rings. The van der Waals surface area contributed by atoms with Gasteiger partial charge in [-0.1, -0.05) is 11.8 Å². The lowest BCUT2D eigenvalue weighted by Gasteiger charge is -2.33. The molecule has 2 aromatic heterocycles. The topological polar surface area (TPSA) is 89.2 Å². The first-order valence-electron chi connectivity index (χ1n) is 8.34. The van der Waals surface area contributed by atoms with Crippen molar-refractivity contribution in [3.05, 3.63) is 16.3 Å². The number of hydrogen-bond acceptors (Lipinski definition) is 6. The molecule has 0 saturated carbocycles. The number of carbonyl (C=O) groups is 2. The number of fused-ring (bicyclic) bond motifs is 1. The van der Waals surface area contributed by atoms with E-state index in [-0.39, 0.29) is 11.7 Å². The van der Waals surface area contributed by atoms with Crippen molar-refractivity contribution in [2.45, 2.75) is 51.1 Å². The van der Waals surface area contributed by atoms with Crippen LogP contribution in [0.15, 0.2) is 5.03 Å². The zero-order valence-corrected chi connectivity index (χ0v) is 16.3. The molecular formula is C17H22N4O2S2. The SMILES string of the molecule is Cc1nc(SCC(=O)N2CCCCC2C(N)=O)c2c(C)c(C)sc2n1. The second-order valence-electron chi connectivity index (χ2n) is 6.33. The molecule has 1 aliphatic rings. The van der Waals surface area contributed by atoms with Crippen LogP contribution in [0.5, 0.6) is 0 Å². The number of aryl methyl sites for hydroxylation is 3. The lowest BCUT2D eigenvalue weighted by molar-refractivity contribution is -0.138. The van der Waals surface area contributed by atoms with Gasteiger partial charge in [-0.15, -0.1) is 11.3 Å². The summed E-state index contributed by atoms with van der Waals surface area (Å²) in [6, 6.07) is -0.473. The Labute approximate surface area is 155 Å². The number of thiophene rings is 1. The van der Waals surface area contributed by atoms with E-state index in [9.17, 15) is 9.59 Å². The van der Waals surface area contributed by atoms with Crippen LogP contribution in [0.2, 0.25) is 0 Å². The van der Waals surface area contributed by atoms with Gasteiger partial charge >= 0.3 is 0 Å². The third kappa shape index (κ3) is 3.64. The predicted octanol–water partition coefficient (Wildman–Crippen LogP) is 2.58.